The first kappa shape index (κ1) is 18.1. The van der Waals surface area contributed by atoms with E-state index in [-0.39, 0.29) is 35.9 Å². The number of fused-ring (bicyclic) bond motifs is 1. The highest BCUT2D eigenvalue weighted by molar-refractivity contribution is 6.22. The molecule has 0 aromatic heterocycles. The molecule has 2 aliphatic heterocycles. The van der Waals surface area contributed by atoms with Crippen molar-refractivity contribution < 1.29 is 19.1 Å². The fourth-order valence-corrected chi connectivity index (χ4v) is 3.32. The van der Waals surface area contributed by atoms with Crippen LogP contribution < -0.4 is 0 Å². The van der Waals surface area contributed by atoms with Crippen molar-refractivity contribution in [3.63, 3.8) is 0 Å². The Morgan fingerprint density at radius 3 is 2.50 bits per heavy atom. The van der Waals surface area contributed by atoms with Gasteiger partial charge in [-0.1, -0.05) is 12.2 Å². The van der Waals surface area contributed by atoms with Gasteiger partial charge in [0.05, 0.1) is 23.8 Å². The van der Waals surface area contributed by atoms with Gasteiger partial charge in [-0.15, -0.1) is 13.2 Å². The summed E-state index contributed by atoms with van der Waals surface area (Å²) in [5.74, 6) is -0.923. The van der Waals surface area contributed by atoms with Gasteiger partial charge >= 0.3 is 0 Å². The minimum atomic E-state index is -0.367. The molecule has 6 nitrogen and oxygen atoms in total. The molecule has 2 heterocycles. The largest absolute Gasteiger partial charge is 0.376 e. The van der Waals surface area contributed by atoms with Gasteiger partial charge in [-0.25, -0.2) is 0 Å². The van der Waals surface area contributed by atoms with Gasteiger partial charge in [-0.3, -0.25) is 19.3 Å². The lowest BCUT2D eigenvalue weighted by Crippen LogP contribution is -2.36. The van der Waals surface area contributed by atoms with E-state index in [1.165, 1.54) is 11.0 Å². The predicted molar refractivity (Wildman–Crippen MR) is 97.1 cm³/mol. The maximum absolute atomic E-state index is 12.7. The number of imide groups is 1. The lowest BCUT2D eigenvalue weighted by molar-refractivity contribution is 0.0475. The smallest absolute Gasteiger partial charge is 0.261 e. The third kappa shape index (κ3) is 3.32. The first-order valence-corrected chi connectivity index (χ1v) is 8.69. The first-order chi connectivity index (χ1) is 12.6. The van der Waals surface area contributed by atoms with E-state index in [4.69, 9.17) is 4.74 Å². The highest BCUT2D eigenvalue weighted by Gasteiger charge is 2.38. The van der Waals surface area contributed by atoms with E-state index < -0.39 is 0 Å². The van der Waals surface area contributed by atoms with Crippen LogP contribution in [0.3, 0.4) is 0 Å². The molecule has 0 bridgehead atoms. The zero-order valence-corrected chi connectivity index (χ0v) is 14.6. The number of amides is 3. The van der Waals surface area contributed by atoms with Crippen molar-refractivity contribution in [1.29, 1.82) is 0 Å². The summed E-state index contributed by atoms with van der Waals surface area (Å²) >= 11 is 0. The Kier molecular flexibility index (Phi) is 5.32. The Balaban J connectivity index is 1.83. The Morgan fingerprint density at radius 2 is 1.88 bits per heavy atom. The fourth-order valence-electron chi connectivity index (χ4n) is 3.32. The van der Waals surface area contributed by atoms with Gasteiger partial charge in [0.1, 0.15) is 0 Å². The molecular formula is C20H22N2O4. The van der Waals surface area contributed by atoms with Gasteiger partial charge in [0.25, 0.3) is 17.7 Å². The molecule has 3 rings (SSSR count). The number of hydrogen-bond acceptors (Lipinski definition) is 4. The lowest BCUT2D eigenvalue weighted by atomic mass is 10.0. The molecule has 0 radical (unpaired) electrons. The SMILES string of the molecule is C=CCN(CC=C)C(=O)c1ccc2c(c1)C(=O)N(CC1CCCO1)C2=O. The van der Waals surface area contributed by atoms with Crippen LogP contribution in [0.5, 0.6) is 0 Å². The lowest BCUT2D eigenvalue weighted by Gasteiger charge is -2.19. The molecule has 1 atom stereocenters. The Bertz CT molecular complexity index is 755. The van der Waals surface area contributed by atoms with E-state index in [0.29, 0.717) is 30.8 Å². The third-order valence-corrected chi connectivity index (χ3v) is 4.61. The Hall–Kier alpha value is -2.73. The highest BCUT2D eigenvalue weighted by Crippen LogP contribution is 2.26. The van der Waals surface area contributed by atoms with E-state index in [0.717, 1.165) is 12.8 Å². The van der Waals surface area contributed by atoms with Gasteiger partial charge in [-0.05, 0) is 31.0 Å². The quantitative estimate of drug-likeness (QED) is 0.556. The van der Waals surface area contributed by atoms with Crippen LogP contribution in [0.4, 0.5) is 0 Å². The summed E-state index contributed by atoms with van der Waals surface area (Å²) in [6.45, 7) is 8.97. The number of hydrogen-bond donors (Lipinski definition) is 0. The second kappa shape index (κ2) is 7.66. The molecule has 1 aromatic rings. The maximum atomic E-state index is 12.7. The second-order valence-corrected chi connectivity index (χ2v) is 6.40. The second-order valence-electron chi connectivity index (χ2n) is 6.40. The topological polar surface area (TPSA) is 66.9 Å². The molecule has 1 aromatic carbocycles. The van der Waals surface area contributed by atoms with Crippen molar-refractivity contribution in [1.82, 2.24) is 9.80 Å². The van der Waals surface area contributed by atoms with Crippen LogP contribution in [0.25, 0.3) is 0 Å². The van der Waals surface area contributed by atoms with Gasteiger partial charge in [0, 0.05) is 25.3 Å². The van der Waals surface area contributed by atoms with Gasteiger partial charge in [-0.2, -0.15) is 0 Å². The number of nitrogens with zero attached hydrogens (tertiary/aromatic N) is 2. The Labute approximate surface area is 152 Å². The molecule has 0 saturated carbocycles. The predicted octanol–water partition coefficient (Wildman–Crippen LogP) is 2.28. The molecule has 6 heteroatoms. The normalized spacial score (nSPS) is 18.8. The maximum Gasteiger partial charge on any atom is 0.261 e. The summed E-state index contributed by atoms with van der Waals surface area (Å²) in [7, 11) is 0. The number of ether oxygens (including phenoxy) is 1. The minimum Gasteiger partial charge on any atom is -0.376 e. The zero-order valence-electron chi connectivity index (χ0n) is 14.6. The summed E-state index contributed by atoms with van der Waals surface area (Å²) < 4.78 is 5.53. The van der Waals surface area contributed by atoms with Crippen LogP contribution in [0, 0.1) is 0 Å². The molecule has 136 valence electrons. The molecule has 26 heavy (non-hydrogen) atoms. The molecule has 0 aliphatic carbocycles. The number of benzene rings is 1. The molecule has 1 saturated heterocycles. The molecule has 0 spiro atoms. The van der Waals surface area contributed by atoms with Gasteiger partial charge in [0.2, 0.25) is 0 Å². The van der Waals surface area contributed by atoms with Gasteiger partial charge < -0.3 is 9.64 Å². The van der Waals surface area contributed by atoms with Crippen molar-refractivity contribution in [3.05, 3.63) is 60.2 Å². The molecule has 1 fully saturated rings. The molecule has 1 unspecified atom stereocenters. The van der Waals surface area contributed by atoms with Crippen LogP contribution in [-0.4, -0.2) is 59.9 Å². The first-order valence-electron chi connectivity index (χ1n) is 8.69. The van der Waals surface area contributed by atoms with Crippen LogP contribution in [0.1, 0.15) is 43.9 Å². The Morgan fingerprint density at radius 1 is 1.19 bits per heavy atom. The van der Waals surface area contributed by atoms with E-state index in [9.17, 15) is 14.4 Å². The standard InChI is InChI=1S/C20H22N2O4/c1-3-9-21(10-4-2)18(23)14-7-8-16-17(12-14)20(25)22(19(16)24)13-15-6-5-11-26-15/h3-4,7-8,12,15H,1-2,5-6,9-11,13H2. The van der Waals surface area contributed by atoms with Gasteiger partial charge in [0.15, 0.2) is 0 Å². The molecule has 2 aliphatic rings. The van der Waals surface area contributed by atoms with Crippen LogP contribution in [0.2, 0.25) is 0 Å². The van der Waals surface area contributed by atoms with E-state index >= 15 is 0 Å². The van der Waals surface area contributed by atoms with Crippen LogP contribution >= 0.6 is 0 Å². The molecule has 0 N–H and O–H groups in total. The average Bonchev–Trinajstić information content (AvgIpc) is 3.24. The zero-order chi connectivity index (χ0) is 18.7. The summed E-state index contributed by atoms with van der Waals surface area (Å²) in [6.07, 6.45) is 4.94. The summed E-state index contributed by atoms with van der Waals surface area (Å²) in [4.78, 5) is 40.7. The number of carbonyl (C=O) groups is 3. The summed E-state index contributed by atoms with van der Waals surface area (Å²) in [5.41, 5.74) is 0.979. The monoisotopic (exact) mass is 354 g/mol. The van der Waals surface area contributed by atoms with Crippen LogP contribution in [0.15, 0.2) is 43.5 Å². The third-order valence-electron chi connectivity index (χ3n) is 4.61. The number of carbonyl (C=O) groups excluding carboxylic acids is 3. The van der Waals surface area contributed by atoms with E-state index in [1.54, 1.807) is 29.2 Å². The minimum absolute atomic E-state index is 0.103. The summed E-state index contributed by atoms with van der Waals surface area (Å²) in [5, 5.41) is 0. The highest BCUT2D eigenvalue weighted by atomic mass is 16.5. The fraction of sp³-hybridized carbons (Fsp3) is 0.350. The van der Waals surface area contributed by atoms with E-state index in [2.05, 4.69) is 13.2 Å². The summed E-state index contributed by atoms with van der Waals surface area (Å²) in [6, 6.07) is 4.64. The van der Waals surface area contributed by atoms with Crippen molar-refractivity contribution >= 4 is 17.7 Å². The number of rotatable bonds is 7. The molecule has 3 amide bonds. The molecular weight excluding hydrogens is 332 g/mol. The van der Waals surface area contributed by atoms with Crippen LogP contribution in [-0.2, 0) is 4.74 Å². The van der Waals surface area contributed by atoms with Crippen molar-refractivity contribution in [2.75, 3.05) is 26.2 Å². The van der Waals surface area contributed by atoms with Crippen molar-refractivity contribution in [3.8, 4) is 0 Å². The van der Waals surface area contributed by atoms with Crippen molar-refractivity contribution in [2.45, 2.75) is 18.9 Å². The average molecular weight is 354 g/mol. The van der Waals surface area contributed by atoms with E-state index in [1.807, 2.05) is 0 Å². The van der Waals surface area contributed by atoms with Crippen molar-refractivity contribution in [2.24, 2.45) is 0 Å².